The Bertz CT molecular complexity index is 404. The number of halogens is 2. The van der Waals surface area contributed by atoms with Crippen LogP contribution in [-0.2, 0) is 11.3 Å². The Kier molecular flexibility index (Phi) is 5.89. The van der Waals surface area contributed by atoms with Crippen molar-refractivity contribution in [3.8, 4) is 0 Å². The lowest BCUT2D eigenvalue weighted by molar-refractivity contribution is -0.138. The minimum atomic E-state index is -2.47. The van der Waals surface area contributed by atoms with Crippen LogP contribution in [0.15, 0.2) is 24.3 Å². The molecule has 1 aromatic carbocycles. The van der Waals surface area contributed by atoms with Gasteiger partial charge in [-0.2, -0.15) is 0 Å². The Labute approximate surface area is 111 Å². The molecule has 19 heavy (non-hydrogen) atoms. The molecule has 5 heteroatoms. The zero-order valence-electron chi connectivity index (χ0n) is 11.1. The largest absolute Gasteiger partial charge is 0.480 e. The second-order valence-corrected chi connectivity index (χ2v) is 5.00. The van der Waals surface area contributed by atoms with E-state index in [2.05, 4.69) is 0 Å². The maximum Gasteiger partial charge on any atom is 0.317 e. The van der Waals surface area contributed by atoms with Crippen LogP contribution in [-0.4, -0.2) is 29.1 Å². The number of carboxylic acids is 1. The molecule has 106 valence electrons. The highest BCUT2D eigenvalue weighted by atomic mass is 19.3. The molecule has 0 atom stereocenters. The monoisotopic (exact) mass is 271 g/mol. The van der Waals surface area contributed by atoms with Gasteiger partial charge in [0, 0.05) is 18.7 Å². The molecule has 3 nitrogen and oxygen atoms in total. The smallest absolute Gasteiger partial charge is 0.317 e. The van der Waals surface area contributed by atoms with Crippen molar-refractivity contribution in [2.24, 2.45) is 5.92 Å². The third-order valence-corrected chi connectivity index (χ3v) is 2.62. The first-order valence-corrected chi connectivity index (χ1v) is 6.19. The van der Waals surface area contributed by atoms with Crippen molar-refractivity contribution in [1.29, 1.82) is 0 Å². The van der Waals surface area contributed by atoms with Crippen LogP contribution in [0.1, 0.15) is 31.4 Å². The number of rotatable bonds is 7. The van der Waals surface area contributed by atoms with E-state index in [9.17, 15) is 13.6 Å². The third-order valence-electron chi connectivity index (χ3n) is 2.62. The summed E-state index contributed by atoms with van der Waals surface area (Å²) in [6.45, 7) is 5.08. The van der Waals surface area contributed by atoms with Gasteiger partial charge in [-0.25, -0.2) is 8.78 Å². The zero-order chi connectivity index (χ0) is 14.4. The maximum absolute atomic E-state index is 12.4. The number of carboxylic acid groups (broad SMARTS) is 1. The highest BCUT2D eigenvalue weighted by Crippen LogP contribution is 2.19. The number of carbonyl (C=O) groups is 1. The van der Waals surface area contributed by atoms with Gasteiger partial charge >= 0.3 is 5.97 Å². The molecule has 0 heterocycles. The summed E-state index contributed by atoms with van der Waals surface area (Å²) in [6.07, 6.45) is -2.47. The molecule has 0 fully saturated rings. The van der Waals surface area contributed by atoms with Gasteiger partial charge in [0.05, 0.1) is 6.54 Å². The van der Waals surface area contributed by atoms with Crippen LogP contribution in [0, 0.1) is 5.92 Å². The molecule has 1 rings (SSSR count). The van der Waals surface area contributed by atoms with Gasteiger partial charge in [-0.15, -0.1) is 0 Å². The van der Waals surface area contributed by atoms with Gasteiger partial charge in [-0.05, 0) is 11.5 Å². The van der Waals surface area contributed by atoms with Crippen molar-refractivity contribution in [3.63, 3.8) is 0 Å². The quantitative estimate of drug-likeness (QED) is 0.828. The van der Waals surface area contributed by atoms with Crippen molar-refractivity contribution in [3.05, 3.63) is 35.4 Å². The second-order valence-electron chi connectivity index (χ2n) is 5.00. The predicted molar refractivity (Wildman–Crippen MR) is 69.1 cm³/mol. The molecule has 1 aromatic rings. The van der Waals surface area contributed by atoms with E-state index in [4.69, 9.17) is 5.11 Å². The minimum Gasteiger partial charge on any atom is -0.480 e. The summed E-state index contributed by atoms with van der Waals surface area (Å²) in [5, 5.41) is 8.85. The van der Waals surface area contributed by atoms with E-state index < -0.39 is 12.4 Å². The van der Waals surface area contributed by atoms with Gasteiger partial charge in [-0.1, -0.05) is 38.1 Å². The lowest BCUT2D eigenvalue weighted by Gasteiger charge is -2.22. The van der Waals surface area contributed by atoms with Crippen molar-refractivity contribution >= 4 is 5.97 Å². The fourth-order valence-corrected chi connectivity index (χ4v) is 1.92. The van der Waals surface area contributed by atoms with Crippen LogP contribution < -0.4 is 0 Å². The van der Waals surface area contributed by atoms with Crippen LogP contribution in [0.3, 0.4) is 0 Å². The van der Waals surface area contributed by atoms with E-state index in [1.807, 2.05) is 13.8 Å². The Morgan fingerprint density at radius 3 is 2.26 bits per heavy atom. The van der Waals surface area contributed by atoms with Gasteiger partial charge in [0.1, 0.15) is 0 Å². The normalized spacial score (nSPS) is 11.5. The Hall–Kier alpha value is -1.49. The van der Waals surface area contributed by atoms with Crippen molar-refractivity contribution in [2.45, 2.75) is 26.8 Å². The molecular formula is C14H19F2NO2. The number of alkyl halides is 2. The fraction of sp³-hybridized carbons (Fsp3) is 0.500. The Morgan fingerprint density at radius 2 is 1.84 bits per heavy atom. The molecule has 0 spiro atoms. The lowest BCUT2D eigenvalue weighted by atomic mass is 10.1. The number of hydrogen-bond acceptors (Lipinski definition) is 2. The molecule has 0 unspecified atom stereocenters. The molecule has 0 saturated heterocycles. The molecule has 0 aliphatic carbocycles. The summed E-state index contributed by atoms with van der Waals surface area (Å²) in [5.41, 5.74) is 0.823. The molecule has 0 aliphatic rings. The summed E-state index contributed by atoms with van der Waals surface area (Å²) in [5.74, 6) is -0.537. The summed E-state index contributed by atoms with van der Waals surface area (Å²) in [7, 11) is 0. The highest BCUT2D eigenvalue weighted by molar-refractivity contribution is 5.69. The Morgan fingerprint density at radius 1 is 1.26 bits per heavy atom. The van der Waals surface area contributed by atoms with E-state index >= 15 is 0 Å². The first-order valence-electron chi connectivity index (χ1n) is 6.19. The Balaban J connectivity index is 2.69. The van der Waals surface area contributed by atoms with Crippen LogP contribution in [0.25, 0.3) is 0 Å². The number of nitrogens with zero attached hydrogens (tertiary/aromatic N) is 1. The van der Waals surface area contributed by atoms with E-state index in [0.29, 0.717) is 19.0 Å². The van der Waals surface area contributed by atoms with Gasteiger partial charge in [0.25, 0.3) is 6.43 Å². The highest BCUT2D eigenvalue weighted by Gasteiger charge is 2.12. The van der Waals surface area contributed by atoms with Crippen LogP contribution >= 0.6 is 0 Å². The van der Waals surface area contributed by atoms with Crippen molar-refractivity contribution in [2.75, 3.05) is 13.1 Å². The molecule has 0 radical (unpaired) electrons. The minimum absolute atomic E-state index is 0.0163. The zero-order valence-corrected chi connectivity index (χ0v) is 11.1. The third kappa shape index (κ3) is 5.79. The molecular weight excluding hydrogens is 252 g/mol. The number of benzene rings is 1. The molecule has 0 saturated carbocycles. The van der Waals surface area contributed by atoms with Gasteiger partial charge in [0.2, 0.25) is 0 Å². The van der Waals surface area contributed by atoms with Crippen molar-refractivity contribution in [1.82, 2.24) is 4.90 Å². The number of hydrogen-bond donors (Lipinski definition) is 1. The molecule has 0 aromatic heterocycles. The first kappa shape index (κ1) is 15.6. The van der Waals surface area contributed by atoms with E-state index in [0.717, 1.165) is 5.56 Å². The average Bonchev–Trinajstić information content (AvgIpc) is 2.27. The first-order chi connectivity index (χ1) is 8.88. The van der Waals surface area contributed by atoms with Crippen LogP contribution in [0.5, 0.6) is 0 Å². The second kappa shape index (κ2) is 7.19. The van der Waals surface area contributed by atoms with Gasteiger partial charge < -0.3 is 5.11 Å². The predicted octanol–water partition coefficient (Wildman–Crippen LogP) is 3.17. The summed E-state index contributed by atoms with van der Waals surface area (Å²) in [6, 6.07) is 6.01. The van der Waals surface area contributed by atoms with Gasteiger partial charge in [0.15, 0.2) is 0 Å². The summed E-state index contributed by atoms with van der Waals surface area (Å²) in [4.78, 5) is 12.6. The fourth-order valence-electron chi connectivity index (χ4n) is 1.92. The summed E-state index contributed by atoms with van der Waals surface area (Å²) < 4.78 is 24.8. The average molecular weight is 271 g/mol. The summed E-state index contributed by atoms with van der Waals surface area (Å²) >= 11 is 0. The molecule has 0 aliphatic heterocycles. The maximum atomic E-state index is 12.4. The molecule has 0 bridgehead atoms. The van der Waals surface area contributed by atoms with Crippen LogP contribution in [0.2, 0.25) is 0 Å². The topological polar surface area (TPSA) is 40.5 Å². The van der Waals surface area contributed by atoms with E-state index in [1.54, 1.807) is 17.0 Å². The van der Waals surface area contributed by atoms with Gasteiger partial charge in [-0.3, -0.25) is 9.69 Å². The van der Waals surface area contributed by atoms with E-state index in [-0.39, 0.29) is 12.1 Å². The van der Waals surface area contributed by atoms with Crippen LogP contribution in [0.4, 0.5) is 8.78 Å². The lowest BCUT2D eigenvalue weighted by Crippen LogP contribution is -2.32. The SMILES string of the molecule is CC(C)CN(CC(=O)O)Cc1ccc(C(F)F)cc1. The molecule has 0 amide bonds. The standard InChI is InChI=1S/C14H19F2NO2/c1-10(2)7-17(9-13(18)19)8-11-3-5-12(6-4-11)14(15)16/h3-6,10,14H,7-9H2,1-2H3,(H,18,19). The number of aliphatic carboxylic acids is 1. The van der Waals surface area contributed by atoms with Crippen molar-refractivity contribution < 1.29 is 18.7 Å². The molecule has 1 N–H and O–H groups in total. The van der Waals surface area contributed by atoms with E-state index in [1.165, 1.54) is 12.1 Å².